The lowest BCUT2D eigenvalue weighted by molar-refractivity contribution is -0.118. The number of rotatable bonds is 5. The van der Waals surface area contributed by atoms with Gasteiger partial charge in [0.25, 0.3) is 5.91 Å². The first-order valence-corrected chi connectivity index (χ1v) is 8.05. The molecule has 2 aromatic carbocycles. The summed E-state index contributed by atoms with van der Waals surface area (Å²) in [6.45, 7) is 6.20. The zero-order valence-electron chi connectivity index (χ0n) is 14.4. The van der Waals surface area contributed by atoms with Crippen molar-refractivity contribution in [2.75, 3.05) is 19.0 Å². The predicted octanol–water partition coefficient (Wildman–Crippen LogP) is 4.66. The van der Waals surface area contributed by atoms with E-state index in [0.717, 1.165) is 5.56 Å². The highest BCUT2D eigenvalue weighted by atomic mass is 35.5. The lowest BCUT2D eigenvalue weighted by Gasteiger charge is -2.21. The molecule has 0 saturated heterocycles. The Morgan fingerprint density at radius 1 is 1.12 bits per heavy atom. The molecule has 0 aliphatic heterocycles. The number of halogens is 1. The average molecular weight is 348 g/mol. The molecule has 4 nitrogen and oxygen atoms in total. The largest absolute Gasteiger partial charge is 0.495 e. The highest BCUT2D eigenvalue weighted by Gasteiger charge is 2.17. The fourth-order valence-corrected chi connectivity index (χ4v) is 2.35. The number of hydrogen-bond donors (Lipinski definition) is 1. The van der Waals surface area contributed by atoms with Crippen LogP contribution in [0, 0.1) is 0 Å². The molecule has 0 aliphatic rings. The summed E-state index contributed by atoms with van der Waals surface area (Å²) in [5.41, 5.74) is 1.70. The Kier molecular flexibility index (Phi) is 5.73. The summed E-state index contributed by atoms with van der Waals surface area (Å²) < 4.78 is 10.8. The number of ether oxygens (including phenoxy) is 2. The average Bonchev–Trinajstić information content (AvgIpc) is 2.53. The van der Waals surface area contributed by atoms with Gasteiger partial charge in [-0.25, -0.2) is 0 Å². The van der Waals surface area contributed by atoms with Crippen LogP contribution in [0.15, 0.2) is 42.5 Å². The number of nitrogens with one attached hydrogen (secondary N) is 1. The molecule has 24 heavy (non-hydrogen) atoms. The second-order valence-electron chi connectivity index (χ2n) is 6.43. The molecular weight excluding hydrogens is 326 g/mol. The Balaban J connectivity index is 2.09. The lowest BCUT2D eigenvalue weighted by Crippen LogP contribution is -2.21. The molecule has 0 spiro atoms. The highest BCUT2D eigenvalue weighted by Crippen LogP contribution is 2.31. The maximum Gasteiger partial charge on any atom is 0.262 e. The van der Waals surface area contributed by atoms with Crippen LogP contribution in [0.4, 0.5) is 5.69 Å². The van der Waals surface area contributed by atoms with Crippen molar-refractivity contribution in [3.05, 3.63) is 53.1 Å². The smallest absolute Gasteiger partial charge is 0.262 e. The van der Waals surface area contributed by atoms with Crippen LogP contribution in [0.25, 0.3) is 0 Å². The van der Waals surface area contributed by atoms with E-state index < -0.39 is 0 Å². The first-order valence-electron chi connectivity index (χ1n) is 7.67. The zero-order chi connectivity index (χ0) is 17.7. The zero-order valence-corrected chi connectivity index (χ0v) is 15.1. The summed E-state index contributed by atoms with van der Waals surface area (Å²) >= 11 is 6.01. The Morgan fingerprint density at radius 2 is 1.83 bits per heavy atom. The van der Waals surface area contributed by atoms with Crippen LogP contribution in [-0.4, -0.2) is 19.6 Å². The summed E-state index contributed by atoms with van der Waals surface area (Å²) in [6, 6.07) is 12.8. The van der Waals surface area contributed by atoms with Crippen LogP contribution in [-0.2, 0) is 10.2 Å². The van der Waals surface area contributed by atoms with Gasteiger partial charge in [0.2, 0.25) is 0 Å². The fourth-order valence-electron chi connectivity index (χ4n) is 2.16. The maximum absolute atomic E-state index is 12.2. The second-order valence-corrected chi connectivity index (χ2v) is 6.84. The third-order valence-corrected chi connectivity index (χ3v) is 3.85. The van der Waals surface area contributed by atoms with Gasteiger partial charge in [0.15, 0.2) is 6.61 Å². The molecule has 0 saturated carbocycles. The van der Waals surface area contributed by atoms with Gasteiger partial charge in [-0.1, -0.05) is 50.6 Å². The van der Waals surface area contributed by atoms with E-state index >= 15 is 0 Å². The van der Waals surface area contributed by atoms with Gasteiger partial charge in [0, 0.05) is 0 Å². The van der Waals surface area contributed by atoms with Gasteiger partial charge in [-0.2, -0.15) is 0 Å². The summed E-state index contributed by atoms with van der Waals surface area (Å²) in [7, 11) is 1.57. The van der Waals surface area contributed by atoms with Crippen LogP contribution >= 0.6 is 11.6 Å². The van der Waals surface area contributed by atoms with E-state index in [2.05, 4.69) is 26.1 Å². The number of amides is 1. The van der Waals surface area contributed by atoms with Crippen molar-refractivity contribution >= 4 is 23.2 Å². The van der Waals surface area contributed by atoms with Crippen molar-refractivity contribution in [3.63, 3.8) is 0 Å². The van der Waals surface area contributed by atoms with E-state index in [-0.39, 0.29) is 17.9 Å². The summed E-state index contributed by atoms with van der Waals surface area (Å²) in [4.78, 5) is 12.2. The fraction of sp³-hybridized carbons (Fsp3) is 0.316. The number of methoxy groups -OCH3 is 1. The standard InChI is InChI=1S/C19H22ClNO3/c1-19(2,3)13-9-10-17(23-4)15(11-13)21-18(22)12-24-16-8-6-5-7-14(16)20/h5-11H,12H2,1-4H3,(H,21,22). The molecular formula is C19H22ClNO3. The Hall–Kier alpha value is -2.20. The summed E-state index contributed by atoms with van der Waals surface area (Å²) in [5.74, 6) is 0.804. The van der Waals surface area contributed by atoms with E-state index in [4.69, 9.17) is 21.1 Å². The van der Waals surface area contributed by atoms with Crippen molar-refractivity contribution in [2.45, 2.75) is 26.2 Å². The lowest BCUT2D eigenvalue weighted by atomic mass is 9.87. The van der Waals surface area contributed by atoms with Crippen molar-refractivity contribution in [1.82, 2.24) is 0 Å². The van der Waals surface area contributed by atoms with Gasteiger partial charge in [0.1, 0.15) is 11.5 Å². The Bertz CT molecular complexity index is 723. The number of hydrogen-bond acceptors (Lipinski definition) is 3. The number of anilines is 1. The minimum atomic E-state index is -0.278. The molecule has 2 aromatic rings. The van der Waals surface area contributed by atoms with Crippen molar-refractivity contribution in [2.24, 2.45) is 0 Å². The highest BCUT2D eigenvalue weighted by molar-refractivity contribution is 6.32. The van der Waals surface area contributed by atoms with Gasteiger partial charge in [-0.05, 0) is 35.2 Å². The van der Waals surface area contributed by atoms with E-state index in [0.29, 0.717) is 22.2 Å². The van der Waals surface area contributed by atoms with Crippen molar-refractivity contribution in [1.29, 1.82) is 0 Å². The third-order valence-electron chi connectivity index (χ3n) is 3.54. The quantitative estimate of drug-likeness (QED) is 0.855. The van der Waals surface area contributed by atoms with Crippen LogP contribution in [0.5, 0.6) is 11.5 Å². The van der Waals surface area contributed by atoms with Crippen molar-refractivity contribution < 1.29 is 14.3 Å². The van der Waals surface area contributed by atoms with Crippen LogP contribution < -0.4 is 14.8 Å². The van der Waals surface area contributed by atoms with E-state index in [1.165, 1.54) is 0 Å². The molecule has 128 valence electrons. The minimum absolute atomic E-state index is 0.0280. The number of carbonyl (C=O) groups is 1. The first-order chi connectivity index (χ1) is 11.3. The molecule has 0 fully saturated rings. The Morgan fingerprint density at radius 3 is 2.46 bits per heavy atom. The van der Waals surface area contributed by atoms with E-state index in [1.54, 1.807) is 31.4 Å². The maximum atomic E-state index is 12.2. The number of para-hydroxylation sites is 1. The van der Waals surface area contributed by atoms with Crippen LogP contribution in [0.2, 0.25) is 5.02 Å². The number of benzene rings is 2. The second kappa shape index (κ2) is 7.58. The molecule has 1 amide bonds. The van der Waals surface area contributed by atoms with E-state index in [9.17, 15) is 4.79 Å². The van der Waals surface area contributed by atoms with Gasteiger partial charge < -0.3 is 14.8 Å². The summed E-state index contributed by atoms with van der Waals surface area (Å²) in [5, 5.41) is 3.30. The number of carbonyl (C=O) groups excluding carboxylic acids is 1. The third kappa shape index (κ3) is 4.65. The summed E-state index contributed by atoms with van der Waals surface area (Å²) in [6.07, 6.45) is 0. The topological polar surface area (TPSA) is 47.6 Å². The SMILES string of the molecule is COc1ccc(C(C)(C)C)cc1NC(=O)COc1ccccc1Cl. The van der Waals surface area contributed by atoms with Crippen LogP contribution in [0.1, 0.15) is 26.3 Å². The van der Waals surface area contributed by atoms with E-state index in [1.807, 2.05) is 18.2 Å². The molecule has 0 aliphatic carbocycles. The predicted molar refractivity (Wildman–Crippen MR) is 97.3 cm³/mol. The van der Waals surface area contributed by atoms with Gasteiger partial charge >= 0.3 is 0 Å². The van der Waals surface area contributed by atoms with Gasteiger partial charge in [-0.3, -0.25) is 4.79 Å². The van der Waals surface area contributed by atoms with Crippen LogP contribution in [0.3, 0.4) is 0 Å². The van der Waals surface area contributed by atoms with Gasteiger partial charge in [-0.15, -0.1) is 0 Å². The molecule has 0 unspecified atom stereocenters. The Labute approximate surface area is 147 Å². The molecule has 0 heterocycles. The first kappa shape index (κ1) is 18.1. The van der Waals surface area contributed by atoms with Gasteiger partial charge in [0.05, 0.1) is 17.8 Å². The normalized spacial score (nSPS) is 11.0. The molecule has 5 heteroatoms. The molecule has 2 rings (SSSR count). The molecule has 0 atom stereocenters. The molecule has 1 N–H and O–H groups in total. The molecule has 0 bridgehead atoms. The monoisotopic (exact) mass is 347 g/mol. The minimum Gasteiger partial charge on any atom is -0.495 e. The molecule has 0 aromatic heterocycles. The van der Waals surface area contributed by atoms with Crippen molar-refractivity contribution in [3.8, 4) is 11.5 Å². The molecule has 0 radical (unpaired) electrons.